The number of carbonyl (C=O) groups excluding carboxylic acids is 2. The molecule has 37 heavy (non-hydrogen) atoms. The highest BCUT2D eigenvalue weighted by Gasteiger charge is 2.31. The molecule has 0 saturated heterocycles. The molecule has 0 aliphatic heterocycles. The van der Waals surface area contributed by atoms with E-state index < -0.39 is 34.3 Å². The van der Waals surface area contributed by atoms with E-state index in [0.717, 1.165) is 40.8 Å². The first-order valence-electron chi connectivity index (χ1n) is 12.4. The zero-order valence-electron chi connectivity index (χ0n) is 21.1. The second kappa shape index (κ2) is 11.4. The SMILES string of the molecule is C[C@H](C(=O)NC1CCCC1)N(Cc1ccc(F)cc1)C(=O)CN(C)S(=O)(=O)c1ccc2ccccc2c1. The molecule has 196 valence electrons. The van der Waals surface area contributed by atoms with E-state index in [4.69, 9.17) is 0 Å². The van der Waals surface area contributed by atoms with Crippen molar-refractivity contribution in [1.29, 1.82) is 0 Å². The van der Waals surface area contributed by atoms with Crippen molar-refractivity contribution < 1.29 is 22.4 Å². The van der Waals surface area contributed by atoms with Gasteiger partial charge in [0.2, 0.25) is 21.8 Å². The Kier molecular flexibility index (Phi) is 8.24. The first kappa shape index (κ1) is 26.8. The van der Waals surface area contributed by atoms with Crippen molar-refractivity contribution in [2.75, 3.05) is 13.6 Å². The maximum absolute atomic E-state index is 13.5. The normalized spacial score (nSPS) is 15.1. The molecular formula is C28H32FN3O4S. The summed E-state index contributed by atoms with van der Waals surface area (Å²) in [7, 11) is -2.62. The molecule has 0 radical (unpaired) electrons. The summed E-state index contributed by atoms with van der Waals surface area (Å²) < 4.78 is 41.0. The van der Waals surface area contributed by atoms with E-state index in [1.807, 2.05) is 24.3 Å². The lowest BCUT2D eigenvalue weighted by Crippen LogP contribution is -2.52. The largest absolute Gasteiger partial charge is 0.352 e. The van der Waals surface area contributed by atoms with Gasteiger partial charge in [-0.3, -0.25) is 9.59 Å². The number of benzene rings is 3. The summed E-state index contributed by atoms with van der Waals surface area (Å²) >= 11 is 0. The highest BCUT2D eigenvalue weighted by atomic mass is 32.2. The van der Waals surface area contributed by atoms with Crippen LogP contribution in [0.5, 0.6) is 0 Å². The minimum absolute atomic E-state index is 0.0439. The summed E-state index contributed by atoms with van der Waals surface area (Å²) in [4.78, 5) is 27.9. The Bertz CT molecular complexity index is 1370. The Balaban J connectivity index is 1.54. The quantitative estimate of drug-likeness (QED) is 0.456. The fourth-order valence-corrected chi connectivity index (χ4v) is 5.79. The van der Waals surface area contributed by atoms with E-state index in [9.17, 15) is 22.4 Å². The summed E-state index contributed by atoms with van der Waals surface area (Å²) in [6.07, 6.45) is 3.90. The minimum atomic E-state index is -3.97. The van der Waals surface area contributed by atoms with Gasteiger partial charge in [0.05, 0.1) is 11.4 Å². The van der Waals surface area contributed by atoms with E-state index in [1.165, 1.54) is 30.1 Å². The predicted molar refractivity (Wildman–Crippen MR) is 141 cm³/mol. The molecule has 1 aliphatic carbocycles. The number of fused-ring (bicyclic) bond motifs is 1. The maximum atomic E-state index is 13.5. The number of halogens is 1. The first-order chi connectivity index (χ1) is 17.6. The summed E-state index contributed by atoms with van der Waals surface area (Å²) in [6, 6.07) is 17.2. The van der Waals surface area contributed by atoms with Crippen molar-refractivity contribution >= 4 is 32.6 Å². The minimum Gasteiger partial charge on any atom is -0.352 e. The lowest BCUT2D eigenvalue weighted by Gasteiger charge is -2.31. The predicted octanol–water partition coefficient (Wildman–Crippen LogP) is 4.08. The van der Waals surface area contributed by atoms with Crippen LogP contribution in [-0.2, 0) is 26.2 Å². The van der Waals surface area contributed by atoms with E-state index in [1.54, 1.807) is 31.2 Å². The van der Waals surface area contributed by atoms with Crippen LogP contribution in [0.15, 0.2) is 71.6 Å². The molecule has 0 spiro atoms. The zero-order chi connectivity index (χ0) is 26.6. The van der Waals surface area contributed by atoms with Gasteiger partial charge in [-0.2, -0.15) is 4.31 Å². The van der Waals surface area contributed by atoms with Gasteiger partial charge in [-0.05, 0) is 60.4 Å². The number of nitrogens with zero attached hydrogens (tertiary/aromatic N) is 2. The van der Waals surface area contributed by atoms with Crippen LogP contribution >= 0.6 is 0 Å². The second-order valence-corrected chi connectivity index (χ2v) is 11.6. The molecule has 7 nitrogen and oxygen atoms in total. The van der Waals surface area contributed by atoms with Gasteiger partial charge in [0.25, 0.3) is 0 Å². The maximum Gasteiger partial charge on any atom is 0.243 e. The molecule has 9 heteroatoms. The molecule has 0 unspecified atom stereocenters. The van der Waals surface area contributed by atoms with Crippen LogP contribution in [0, 0.1) is 5.82 Å². The highest BCUT2D eigenvalue weighted by molar-refractivity contribution is 7.89. The van der Waals surface area contributed by atoms with Crippen LogP contribution in [0.1, 0.15) is 38.2 Å². The van der Waals surface area contributed by atoms with E-state index in [0.29, 0.717) is 5.56 Å². The molecule has 0 heterocycles. The molecule has 0 bridgehead atoms. The van der Waals surface area contributed by atoms with Crippen LogP contribution in [0.4, 0.5) is 4.39 Å². The van der Waals surface area contributed by atoms with Crippen LogP contribution < -0.4 is 5.32 Å². The van der Waals surface area contributed by atoms with Gasteiger partial charge in [-0.15, -0.1) is 0 Å². The molecule has 1 atom stereocenters. The molecule has 3 aromatic carbocycles. The van der Waals surface area contributed by atoms with Gasteiger partial charge in [0, 0.05) is 19.6 Å². The number of amides is 2. The van der Waals surface area contributed by atoms with Crippen molar-refractivity contribution in [3.05, 3.63) is 78.1 Å². The van der Waals surface area contributed by atoms with Crippen molar-refractivity contribution in [3.8, 4) is 0 Å². The number of hydrogen-bond donors (Lipinski definition) is 1. The Morgan fingerprint density at radius 1 is 1.00 bits per heavy atom. The Labute approximate surface area is 217 Å². The lowest BCUT2D eigenvalue weighted by atomic mass is 10.1. The summed E-state index contributed by atoms with van der Waals surface area (Å²) in [5, 5.41) is 4.70. The second-order valence-electron chi connectivity index (χ2n) is 9.58. The number of likely N-dealkylation sites (N-methyl/N-ethyl adjacent to an activating group) is 1. The third-order valence-electron chi connectivity index (χ3n) is 6.92. The molecule has 2 amide bonds. The molecular weight excluding hydrogens is 493 g/mol. The summed E-state index contributed by atoms with van der Waals surface area (Å²) in [6.45, 7) is 1.23. The monoisotopic (exact) mass is 525 g/mol. The van der Waals surface area contributed by atoms with Gasteiger partial charge in [-0.1, -0.05) is 55.3 Å². The van der Waals surface area contributed by atoms with Crippen molar-refractivity contribution in [1.82, 2.24) is 14.5 Å². The number of hydrogen-bond acceptors (Lipinski definition) is 4. The number of rotatable bonds is 9. The third-order valence-corrected chi connectivity index (χ3v) is 8.72. The fraction of sp³-hybridized carbons (Fsp3) is 0.357. The summed E-state index contributed by atoms with van der Waals surface area (Å²) in [5.74, 6) is -1.22. The average Bonchev–Trinajstić information content (AvgIpc) is 3.40. The Morgan fingerprint density at radius 3 is 2.32 bits per heavy atom. The molecule has 1 aliphatic rings. The molecule has 1 saturated carbocycles. The van der Waals surface area contributed by atoms with Crippen molar-refractivity contribution in [2.45, 2.75) is 56.1 Å². The Hall–Kier alpha value is -3.30. The van der Waals surface area contributed by atoms with Gasteiger partial charge in [-0.25, -0.2) is 12.8 Å². The van der Waals surface area contributed by atoms with Gasteiger partial charge in [0.15, 0.2) is 0 Å². The molecule has 3 aromatic rings. The number of sulfonamides is 1. The Morgan fingerprint density at radius 2 is 1.65 bits per heavy atom. The zero-order valence-corrected chi connectivity index (χ0v) is 21.9. The van der Waals surface area contributed by atoms with Gasteiger partial charge < -0.3 is 10.2 Å². The van der Waals surface area contributed by atoms with Crippen LogP contribution in [-0.4, -0.2) is 55.1 Å². The fourth-order valence-electron chi connectivity index (χ4n) is 4.64. The molecule has 4 rings (SSSR count). The first-order valence-corrected chi connectivity index (χ1v) is 13.9. The van der Waals surface area contributed by atoms with Crippen LogP contribution in [0.2, 0.25) is 0 Å². The van der Waals surface area contributed by atoms with E-state index in [-0.39, 0.29) is 23.4 Å². The topological polar surface area (TPSA) is 86.8 Å². The lowest BCUT2D eigenvalue weighted by molar-refractivity contribution is -0.140. The number of carbonyl (C=O) groups is 2. The van der Waals surface area contributed by atoms with E-state index >= 15 is 0 Å². The van der Waals surface area contributed by atoms with Gasteiger partial charge in [0.1, 0.15) is 11.9 Å². The standard InChI is InChI=1S/C28H32FN3O4S/c1-20(28(34)30-25-9-5-6-10-25)32(18-21-11-14-24(29)15-12-21)27(33)19-31(2)37(35,36)26-16-13-22-7-3-4-8-23(22)17-26/h3-4,7-8,11-17,20,25H,5-6,9-10,18-19H2,1-2H3,(H,30,34)/t20-/m1/s1. The van der Waals surface area contributed by atoms with Crippen molar-refractivity contribution in [3.63, 3.8) is 0 Å². The molecule has 1 fully saturated rings. The van der Waals surface area contributed by atoms with Crippen molar-refractivity contribution in [2.24, 2.45) is 0 Å². The average molecular weight is 526 g/mol. The van der Waals surface area contributed by atoms with E-state index in [2.05, 4.69) is 5.32 Å². The smallest absolute Gasteiger partial charge is 0.243 e. The van der Waals surface area contributed by atoms with Crippen LogP contribution in [0.25, 0.3) is 10.8 Å². The summed E-state index contributed by atoms with van der Waals surface area (Å²) in [5.41, 5.74) is 0.635. The highest BCUT2D eigenvalue weighted by Crippen LogP contribution is 2.22. The van der Waals surface area contributed by atoms with Gasteiger partial charge >= 0.3 is 0 Å². The van der Waals surface area contributed by atoms with Crippen LogP contribution in [0.3, 0.4) is 0 Å². The third kappa shape index (κ3) is 6.34. The molecule has 1 N–H and O–H groups in total. The number of nitrogens with one attached hydrogen (secondary N) is 1. The molecule has 0 aromatic heterocycles.